The van der Waals surface area contributed by atoms with E-state index in [1.165, 1.54) is 29.3 Å². The van der Waals surface area contributed by atoms with Crippen LogP contribution in [0.5, 0.6) is 0 Å². The Bertz CT molecular complexity index is 633. The number of aromatic nitrogens is 1. The molecule has 0 bridgehead atoms. The van der Waals surface area contributed by atoms with Gasteiger partial charge in [0.15, 0.2) is 0 Å². The standard InChI is InChI=1S/C17H22N2O/c1-19-9-11(10-20-2)6-14-13-4-3-5-15-17(13)12(8-18-15)7-16(14)19/h3-5,8,11,14,16,18H,6-7,9-10H2,1-2H3/t11-,14-,16-/m1/s1. The highest BCUT2D eigenvalue weighted by molar-refractivity contribution is 5.88. The van der Waals surface area contributed by atoms with Crippen molar-refractivity contribution in [2.75, 3.05) is 27.3 Å². The summed E-state index contributed by atoms with van der Waals surface area (Å²) in [6.45, 7) is 2.04. The summed E-state index contributed by atoms with van der Waals surface area (Å²) in [5.41, 5.74) is 4.34. The molecule has 0 saturated carbocycles. The van der Waals surface area contributed by atoms with Crippen LogP contribution in [0.15, 0.2) is 24.4 Å². The normalized spacial score (nSPS) is 29.6. The number of rotatable bonds is 2. The molecule has 1 aromatic carbocycles. The van der Waals surface area contributed by atoms with E-state index in [-0.39, 0.29) is 0 Å². The van der Waals surface area contributed by atoms with E-state index in [1.54, 1.807) is 5.56 Å². The molecule has 0 radical (unpaired) electrons. The van der Waals surface area contributed by atoms with Crippen LogP contribution in [0.1, 0.15) is 23.5 Å². The smallest absolute Gasteiger partial charge is 0.0502 e. The van der Waals surface area contributed by atoms with Gasteiger partial charge in [0.1, 0.15) is 0 Å². The fourth-order valence-electron chi connectivity index (χ4n) is 4.41. The van der Waals surface area contributed by atoms with Crippen molar-refractivity contribution in [1.82, 2.24) is 9.88 Å². The number of benzene rings is 1. The summed E-state index contributed by atoms with van der Waals surface area (Å²) >= 11 is 0. The van der Waals surface area contributed by atoms with Gasteiger partial charge in [0.25, 0.3) is 0 Å². The molecule has 2 aromatic rings. The molecule has 3 heteroatoms. The van der Waals surface area contributed by atoms with E-state index in [0.717, 1.165) is 13.2 Å². The summed E-state index contributed by atoms with van der Waals surface area (Å²) in [6.07, 6.45) is 4.64. The maximum absolute atomic E-state index is 5.40. The Morgan fingerprint density at radius 3 is 3.15 bits per heavy atom. The molecule has 106 valence electrons. The van der Waals surface area contributed by atoms with Gasteiger partial charge < -0.3 is 14.6 Å². The number of hydrogen-bond acceptors (Lipinski definition) is 2. The Balaban J connectivity index is 1.79. The lowest BCUT2D eigenvalue weighted by molar-refractivity contribution is 0.0587. The van der Waals surface area contributed by atoms with Gasteiger partial charge >= 0.3 is 0 Å². The number of nitrogens with zero attached hydrogens (tertiary/aromatic N) is 1. The molecule has 0 unspecified atom stereocenters. The van der Waals surface area contributed by atoms with E-state index >= 15 is 0 Å². The molecule has 3 nitrogen and oxygen atoms in total. The second-order valence-electron chi connectivity index (χ2n) is 6.46. The minimum absolute atomic E-state index is 0.650. The summed E-state index contributed by atoms with van der Waals surface area (Å²) in [4.78, 5) is 5.99. The van der Waals surface area contributed by atoms with Gasteiger partial charge in [-0.2, -0.15) is 0 Å². The number of piperidine rings is 1. The van der Waals surface area contributed by atoms with Gasteiger partial charge in [-0.05, 0) is 43.0 Å². The third-order valence-corrected chi connectivity index (χ3v) is 5.21. The number of H-pyrrole nitrogens is 1. The lowest BCUT2D eigenvalue weighted by Gasteiger charge is -2.45. The van der Waals surface area contributed by atoms with Crippen molar-refractivity contribution < 1.29 is 4.74 Å². The van der Waals surface area contributed by atoms with Crippen LogP contribution in [0.4, 0.5) is 0 Å². The van der Waals surface area contributed by atoms with Crippen molar-refractivity contribution in [3.63, 3.8) is 0 Å². The highest BCUT2D eigenvalue weighted by Gasteiger charge is 2.39. The third-order valence-electron chi connectivity index (χ3n) is 5.21. The summed E-state index contributed by atoms with van der Waals surface area (Å²) in [5, 5.41) is 1.49. The van der Waals surface area contributed by atoms with Gasteiger partial charge in [-0.25, -0.2) is 0 Å². The molecule has 1 saturated heterocycles. The molecule has 2 heterocycles. The molecular formula is C17H22N2O. The van der Waals surface area contributed by atoms with E-state index in [2.05, 4.69) is 41.3 Å². The van der Waals surface area contributed by atoms with Crippen molar-refractivity contribution in [1.29, 1.82) is 0 Å². The largest absolute Gasteiger partial charge is 0.384 e. The van der Waals surface area contributed by atoms with Gasteiger partial charge in [-0.15, -0.1) is 0 Å². The fourth-order valence-corrected chi connectivity index (χ4v) is 4.41. The molecule has 1 aliphatic carbocycles. The van der Waals surface area contributed by atoms with Crippen LogP contribution in [0, 0.1) is 5.92 Å². The molecule has 1 fully saturated rings. The molecule has 3 atom stereocenters. The van der Waals surface area contributed by atoms with Crippen molar-refractivity contribution >= 4 is 10.9 Å². The van der Waals surface area contributed by atoms with Gasteiger partial charge in [-0.1, -0.05) is 12.1 Å². The van der Waals surface area contributed by atoms with Crippen LogP contribution in [0.2, 0.25) is 0 Å². The second-order valence-corrected chi connectivity index (χ2v) is 6.46. The first kappa shape index (κ1) is 12.4. The maximum Gasteiger partial charge on any atom is 0.0502 e. The minimum atomic E-state index is 0.650. The minimum Gasteiger partial charge on any atom is -0.384 e. The lowest BCUT2D eigenvalue weighted by Crippen LogP contribution is -2.48. The average molecular weight is 270 g/mol. The van der Waals surface area contributed by atoms with Crippen molar-refractivity contribution in [3.05, 3.63) is 35.5 Å². The Morgan fingerprint density at radius 2 is 2.30 bits per heavy atom. The zero-order valence-corrected chi connectivity index (χ0v) is 12.2. The van der Waals surface area contributed by atoms with E-state index in [0.29, 0.717) is 17.9 Å². The summed E-state index contributed by atoms with van der Waals surface area (Å²) in [7, 11) is 4.09. The number of hydrogen-bond donors (Lipinski definition) is 1. The first-order chi connectivity index (χ1) is 9.78. The van der Waals surface area contributed by atoms with Crippen LogP contribution >= 0.6 is 0 Å². The van der Waals surface area contributed by atoms with E-state index < -0.39 is 0 Å². The molecule has 0 amide bonds. The predicted octanol–water partition coefficient (Wildman–Crippen LogP) is 2.77. The monoisotopic (exact) mass is 270 g/mol. The molecule has 1 aromatic heterocycles. The number of likely N-dealkylation sites (tertiary alicyclic amines) is 1. The number of fused-ring (bicyclic) bond motifs is 2. The van der Waals surface area contributed by atoms with E-state index in [4.69, 9.17) is 4.74 Å². The molecule has 2 aliphatic rings. The predicted molar refractivity (Wildman–Crippen MR) is 81.1 cm³/mol. The number of aromatic amines is 1. The summed E-state index contributed by atoms with van der Waals surface area (Å²) in [5.74, 6) is 1.31. The highest BCUT2D eigenvalue weighted by Crippen LogP contribution is 2.44. The zero-order chi connectivity index (χ0) is 13.7. The van der Waals surface area contributed by atoms with Gasteiger partial charge in [0, 0.05) is 42.7 Å². The second kappa shape index (κ2) is 4.61. The number of likely N-dealkylation sites (N-methyl/N-ethyl adjacent to an activating group) is 1. The molecule has 4 rings (SSSR count). The van der Waals surface area contributed by atoms with Gasteiger partial charge in [0.05, 0.1) is 6.61 Å². The fraction of sp³-hybridized carbons (Fsp3) is 0.529. The summed E-state index contributed by atoms with van der Waals surface area (Å²) < 4.78 is 5.40. The van der Waals surface area contributed by atoms with Crippen LogP contribution < -0.4 is 0 Å². The van der Waals surface area contributed by atoms with Gasteiger partial charge in [-0.3, -0.25) is 0 Å². The Hall–Kier alpha value is -1.32. The zero-order valence-electron chi connectivity index (χ0n) is 12.2. The Kier molecular flexibility index (Phi) is 2.86. The van der Waals surface area contributed by atoms with E-state index in [9.17, 15) is 0 Å². The third kappa shape index (κ3) is 1.73. The van der Waals surface area contributed by atoms with Crippen molar-refractivity contribution in [2.24, 2.45) is 5.92 Å². The Morgan fingerprint density at radius 1 is 1.40 bits per heavy atom. The van der Waals surface area contributed by atoms with Crippen LogP contribution in [-0.2, 0) is 11.2 Å². The van der Waals surface area contributed by atoms with Crippen LogP contribution in [0.25, 0.3) is 10.9 Å². The lowest BCUT2D eigenvalue weighted by atomic mass is 9.72. The van der Waals surface area contributed by atoms with Crippen molar-refractivity contribution in [2.45, 2.75) is 24.8 Å². The Labute approximate surface area is 119 Å². The first-order valence-corrected chi connectivity index (χ1v) is 7.56. The molecule has 1 aliphatic heterocycles. The van der Waals surface area contributed by atoms with Crippen LogP contribution in [0.3, 0.4) is 0 Å². The van der Waals surface area contributed by atoms with Gasteiger partial charge in [0.2, 0.25) is 0 Å². The molecule has 20 heavy (non-hydrogen) atoms. The number of ether oxygens (including phenoxy) is 1. The quantitative estimate of drug-likeness (QED) is 0.909. The highest BCUT2D eigenvalue weighted by atomic mass is 16.5. The average Bonchev–Trinajstić information content (AvgIpc) is 2.86. The molecular weight excluding hydrogens is 248 g/mol. The number of nitrogens with one attached hydrogen (secondary N) is 1. The van der Waals surface area contributed by atoms with E-state index in [1.807, 2.05) is 7.11 Å². The maximum atomic E-state index is 5.40. The van der Waals surface area contributed by atoms with Crippen molar-refractivity contribution in [3.8, 4) is 0 Å². The SMILES string of the molecule is COC[C@@H]1C[C@@H]2c3cccc4[nH]cc(c34)C[C@H]2N(C)C1. The topological polar surface area (TPSA) is 28.3 Å². The molecule has 1 N–H and O–H groups in total. The number of methoxy groups -OCH3 is 1. The summed E-state index contributed by atoms with van der Waals surface area (Å²) in [6, 6.07) is 7.37. The van der Waals surface area contributed by atoms with Crippen LogP contribution in [-0.4, -0.2) is 43.2 Å². The molecule has 0 spiro atoms. The first-order valence-electron chi connectivity index (χ1n) is 7.56.